The molecule has 0 aromatic heterocycles. The summed E-state index contributed by atoms with van der Waals surface area (Å²) in [6, 6.07) is 0. The predicted molar refractivity (Wildman–Crippen MR) is 73.7 cm³/mol. The molecule has 0 aromatic rings. The number of carbonyl (C=O) groups excluding carboxylic acids is 1. The molecule has 2 saturated carbocycles. The number of ether oxygens (including phenoxy) is 1. The van der Waals surface area contributed by atoms with Crippen molar-refractivity contribution in [3.05, 3.63) is 0 Å². The van der Waals surface area contributed by atoms with Crippen LogP contribution in [0.5, 0.6) is 0 Å². The van der Waals surface area contributed by atoms with E-state index in [2.05, 4.69) is 17.1 Å². The van der Waals surface area contributed by atoms with Crippen molar-refractivity contribution in [3.63, 3.8) is 0 Å². The van der Waals surface area contributed by atoms with Gasteiger partial charge in [0.05, 0.1) is 11.7 Å². The van der Waals surface area contributed by atoms with Crippen LogP contribution in [0.15, 0.2) is 0 Å². The van der Waals surface area contributed by atoms with E-state index in [1.807, 2.05) is 0 Å². The van der Waals surface area contributed by atoms with E-state index in [-0.39, 0.29) is 11.7 Å². The largest absolute Gasteiger partial charge is 0.381 e. The van der Waals surface area contributed by atoms with Crippen LogP contribution >= 0.6 is 0 Å². The smallest absolute Gasteiger partial charge is 0.244 e. The first-order valence-electron chi connectivity index (χ1n) is 7.92. The Balaban J connectivity index is 1.42. The minimum atomic E-state index is -0.158. The quantitative estimate of drug-likeness (QED) is 0.682. The molecule has 1 unspecified atom stereocenters. The first-order chi connectivity index (χ1) is 9.25. The van der Waals surface area contributed by atoms with Crippen LogP contribution in [0, 0.1) is 5.92 Å². The Morgan fingerprint density at radius 1 is 1.42 bits per heavy atom. The molecule has 0 aromatic carbocycles. The van der Waals surface area contributed by atoms with Crippen LogP contribution in [0.1, 0.15) is 51.9 Å². The van der Waals surface area contributed by atoms with Crippen LogP contribution in [0.4, 0.5) is 0 Å². The van der Waals surface area contributed by atoms with Gasteiger partial charge in [-0.25, -0.2) is 0 Å². The maximum absolute atomic E-state index is 12.4. The molecule has 1 N–H and O–H groups in total. The molecule has 4 heteroatoms. The lowest BCUT2D eigenvalue weighted by Crippen LogP contribution is -2.38. The molecule has 1 atom stereocenters. The van der Waals surface area contributed by atoms with Crippen molar-refractivity contribution >= 4 is 5.91 Å². The van der Waals surface area contributed by atoms with Crippen molar-refractivity contribution in [2.75, 3.05) is 19.8 Å². The number of amides is 1. The van der Waals surface area contributed by atoms with Gasteiger partial charge < -0.3 is 9.64 Å². The van der Waals surface area contributed by atoms with Gasteiger partial charge in [-0.1, -0.05) is 13.3 Å². The first kappa shape index (κ1) is 13.4. The lowest BCUT2D eigenvalue weighted by molar-refractivity contribution is -0.131. The lowest BCUT2D eigenvalue weighted by atomic mass is 10.2. The minimum Gasteiger partial charge on any atom is -0.381 e. The van der Waals surface area contributed by atoms with Gasteiger partial charge >= 0.3 is 0 Å². The molecule has 1 aliphatic heterocycles. The molecule has 0 radical (unpaired) electrons. The second-order valence-electron chi connectivity index (χ2n) is 6.40. The third-order valence-electron chi connectivity index (χ3n) is 4.54. The van der Waals surface area contributed by atoms with Gasteiger partial charge in [-0.2, -0.15) is 0 Å². The van der Waals surface area contributed by atoms with Crippen molar-refractivity contribution in [3.8, 4) is 0 Å². The van der Waals surface area contributed by atoms with E-state index in [0.29, 0.717) is 5.91 Å². The molecule has 3 rings (SSSR count). The fourth-order valence-electron chi connectivity index (χ4n) is 2.99. The van der Waals surface area contributed by atoms with E-state index >= 15 is 0 Å². The lowest BCUT2D eigenvalue weighted by Gasteiger charge is -2.23. The Bertz CT molecular complexity index is 337. The van der Waals surface area contributed by atoms with Gasteiger partial charge in [0.25, 0.3) is 0 Å². The molecule has 1 amide bonds. The van der Waals surface area contributed by atoms with Crippen molar-refractivity contribution in [1.82, 2.24) is 10.2 Å². The van der Waals surface area contributed by atoms with E-state index in [9.17, 15) is 4.79 Å². The SMILES string of the molecule is CCCC1NC2(CC2)C(=O)N1CCCOCC1CC1. The van der Waals surface area contributed by atoms with Gasteiger partial charge in [-0.05, 0) is 44.4 Å². The zero-order valence-electron chi connectivity index (χ0n) is 12.0. The van der Waals surface area contributed by atoms with Gasteiger partial charge in [0.1, 0.15) is 0 Å². The second kappa shape index (κ2) is 5.41. The molecule has 2 aliphatic carbocycles. The predicted octanol–water partition coefficient (Wildman–Crippen LogP) is 1.89. The Labute approximate surface area is 115 Å². The van der Waals surface area contributed by atoms with Gasteiger partial charge in [0.2, 0.25) is 5.91 Å². The van der Waals surface area contributed by atoms with Crippen LogP contribution in [0.25, 0.3) is 0 Å². The van der Waals surface area contributed by atoms with Crippen molar-refractivity contribution in [2.24, 2.45) is 5.92 Å². The van der Waals surface area contributed by atoms with E-state index < -0.39 is 0 Å². The van der Waals surface area contributed by atoms with Crippen LogP contribution in [0.3, 0.4) is 0 Å². The average molecular weight is 266 g/mol. The zero-order chi connectivity index (χ0) is 13.3. The fourth-order valence-corrected chi connectivity index (χ4v) is 2.99. The second-order valence-corrected chi connectivity index (χ2v) is 6.40. The monoisotopic (exact) mass is 266 g/mol. The molecule has 0 bridgehead atoms. The highest BCUT2D eigenvalue weighted by Crippen LogP contribution is 2.42. The molecule has 1 heterocycles. The standard InChI is InChI=1S/C15H26N2O2/c1-2-4-13-16-15(7-8-15)14(18)17(13)9-3-10-19-11-12-5-6-12/h12-13,16H,2-11H2,1H3. The van der Waals surface area contributed by atoms with E-state index in [1.165, 1.54) is 12.8 Å². The summed E-state index contributed by atoms with van der Waals surface area (Å²) in [7, 11) is 0. The summed E-state index contributed by atoms with van der Waals surface area (Å²) in [4.78, 5) is 14.4. The normalized spacial score (nSPS) is 28.4. The first-order valence-corrected chi connectivity index (χ1v) is 7.92. The number of hydrogen-bond acceptors (Lipinski definition) is 3. The van der Waals surface area contributed by atoms with Crippen molar-refractivity contribution in [2.45, 2.75) is 63.6 Å². The third-order valence-corrected chi connectivity index (χ3v) is 4.54. The number of hydrogen-bond donors (Lipinski definition) is 1. The van der Waals surface area contributed by atoms with Crippen molar-refractivity contribution in [1.29, 1.82) is 0 Å². The third kappa shape index (κ3) is 2.95. The summed E-state index contributed by atoms with van der Waals surface area (Å²) < 4.78 is 5.66. The summed E-state index contributed by atoms with van der Waals surface area (Å²) in [5, 5.41) is 3.55. The van der Waals surface area contributed by atoms with Crippen LogP contribution in [-0.4, -0.2) is 42.3 Å². The Kier molecular flexibility index (Phi) is 3.81. The summed E-state index contributed by atoms with van der Waals surface area (Å²) >= 11 is 0. The van der Waals surface area contributed by atoms with E-state index in [1.54, 1.807) is 0 Å². The Morgan fingerprint density at radius 2 is 2.21 bits per heavy atom. The maximum atomic E-state index is 12.4. The number of nitrogens with zero attached hydrogens (tertiary/aromatic N) is 1. The maximum Gasteiger partial charge on any atom is 0.244 e. The average Bonchev–Trinajstić information content (AvgIpc) is 3.27. The number of rotatable bonds is 8. The molecule has 1 saturated heterocycles. The summed E-state index contributed by atoms with van der Waals surface area (Å²) in [6.07, 6.45) is 8.17. The molecule has 1 spiro atoms. The van der Waals surface area contributed by atoms with E-state index in [4.69, 9.17) is 4.74 Å². The molecular formula is C15H26N2O2. The highest BCUT2D eigenvalue weighted by atomic mass is 16.5. The Morgan fingerprint density at radius 3 is 2.84 bits per heavy atom. The van der Waals surface area contributed by atoms with Gasteiger partial charge in [0, 0.05) is 19.8 Å². The number of nitrogens with one attached hydrogen (secondary N) is 1. The molecular weight excluding hydrogens is 240 g/mol. The minimum absolute atomic E-state index is 0.158. The van der Waals surface area contributed by atoms with Gasteiger partial charge in [0.15, 0.2) is 0 Å². The van der Waals surface area contributed by atoms with Crippen molar-refractivity contribution < 1.29 is 9.53 Å². The highest BCUT2D eigenvalue weighted by Gasteiger charge is 2.58. The van der Waals surface area contributed by atoms with E-state index in [0.717, 1.165) is 57.8 Å². The van der Waals surface area contributed by atoms with Crippen LogP contribution in [0.2, 0.25) is 0 Å². The summed E-state index contributed by atoms with van der Waals surface area (Å²) in [5.41, 5.74) is -0.158. The molecule has 108 valence electrons. The van der Waals surface area contributed by atoms with Gasteiger partial charge in [-0.3, -0.25) is 10.1 Å². The fraction of sp³-hybridized carbons (Fsp3) is 0.933. The molecule has 4 nitrogen and oxygen atoms in total. The summed E-state index contributed by atoms with van der Waals surface area (Å²) in [6.45, 7) is 4.75. The van der Waals surface area contributed by atoms with Gasteiger partial charge in [-0.15, -0.1) is 0 Å². The zero-order valence-corrected chi connectivity index (χ0v) is 12.0. The summed E-state index contributed by atoms with van der Waals surface area (Å²) in [5.74, 6) is 1.17. The molecule has 19 heavy (non-hydrogen) atoms. The van der Waals surface area contributed by atoms with Crippen LogP contribution in [-0.2, 0) is 9.53 Å². The Hall–Kier alpha value is -0.610. The van der Waals surface area contributed by atoms with Crippen LogP contribution < -0.4 is 5.32 Å². The molecule has 3 aliphatic rings. The highest BCUT2D eigenvalue weighted by molar-refractivity contribution is 5.91. The topological polar surface area (TPSA) is 41.6 Å². The molecule has 3 fully saturated rings. The number of carbonyl (C=O) groups is 1.